The van der Waals surface area contributed by atoms with Crippen molar-refractivity contribution >= 4 is 22.6 Å². The lowest BCUT2D eigenvalue weighted by Crippen LogP contribution is -2.35. The molecule has 0 atom stereocenters. The fraction of sp³-hybridized carbons (Fsp3) is 0.429. The second kappa shape index (κ2) is 7.56. The van der Waals surface area contributed by atoms with Crippen molar-refractivity contribution in [1.29, 1.82) is 0 Å². The number of likely N-dealkylation sites (tertiary alicyclic amines) is 1. The van der Waals surface area contributed by atoms with Gasteiger partial charge in [-0.2, -0.15) is 0 Å². The number of hydrogen-bond donors (Lipinski definition) is 2. The van der Waals surface area contributed by atoms with Crippen LogP contribution in [0.5, 0.6) is 0 Å². The average Bonchev–Trinajstić information content (AvgIpc) is 3.22. The number of carbonyl (C=O) groups excluding carboxylic acids is 1. The first kappa shape index (κ1) is 17.8. The first-order valence-corrected chi connectivity index (χ1v) is 9.63. The maximum Gasteiger partial charge on any atom is 0.226 e. The second-order valence-corrected chi connectivity index (χ2v) is 7.45. The van der Waals surface area contributed by atoms with Crippen LogP contribution in [-0.4, -0.2) is 40.6 Å². The normalized spacial score (nSPS) is 16.1. The molecule has 142 valence electrons. The van der Waals surface area contributed by atoms with Crippen LogP contribution in [-0.2, 0) is 4.79 Å². The van der Waals surface area contributed by atoms with Crippen molar-refractivity contribution in [2.45, 2.75) is 39.0 Å². The van der Waals surface area contributed by atoms with Gasteiger partial charge in [0.2, 0.25) is 5.91 Å². The van der Waals surface area contributed by atoms with E-state index in [0.29, 0.717) is 23.9 Å². The molecule has 6 heteroatoms. The number of nitrogens with zero attached hydrogens (tertiary/aromatic N) is 2. The Morgan fingerprint density at radius 1 is 1.30 bits per heavy atom. The number of aromatic nitrogens is 2. The summed E-state index contributed by atoms with van der Waals surface area (Å²) in [5.41, 5.74) is 3.99. The number of nitrogens with one attached hydrogen (secondary N) is 2. The largest absolute Gasteiger partial charge is 0.360 e. The summed E-state index contributed by atoms with van der Waals surface area (Å²) in [6.07, 6.45) is 2.74. The highest BCUT2D eigenvalue weighted by Crippen LogP contribution is 2.35. The van der Waals surface area contributed by atoms with Crippen LogP contribution in [0.15, 0.2) is 34.9 Å². The Kier molecular flexibility index (Phi) is 4.99. The van der Waals surface area contributed by atoms with E-state index in [2.05, 4.69) is 51.5 Å². The van der Waals surface area contributed by atoms with Crippen LogP contribution in [0.25, 0.3) is 10.9 Å². The molecule has 0 radical (unpaired) electrons. The van der Waals surface area contributed by atoms with Crippen LogP contribution in [0.2, 0.25) is 0 Å². The zero-order chi connectivity index (χ0) is 18.8. The van der Waals surface area contributed by atoms with Gasteiger partial charge in [-0.05, 0) is 57.3 Å². The topological polar surface area (TPSA) is 74.2 Å². The van der Waals surface area contributed by atoms with Gasteiger partial charge >= 0.3 is 0 Å². The smallest absolute Gasteiger partial charge is 0.226 e. The van der Waals surface area contributed by atoms with Crippen LogP contribution in [0.1, 0.15) is 42.2 Å². The van der Waals surface area contributed by atoms with Crippen LogP contribution in [0, 0.1) is 13.8 Å². The standard InChI is InChI=1S/C21H26N4O2/c1-14-13-19(24-27-14)23-20(26)9-12-25-10-7-16(8-11-25)21-15(2)22-18-6-4-3-5-17(18)21/h3-6,13,16,22H,7-12H2,1-2H3,(H,23,24,26). The van der Waals surface area contributed by atoms with Crippen molar-refractivity contribution in [2.24, 2.45) is 0 Å². The molecule has 1 saturated heterocycles. The maximum atomic E-state index is 12.1. The first-order chi connectivity index (χ1) is 13.1. The molecule has 4 rings (SSSR count). The molecule has 0 bridgehead atoms. The highest BCUT2D eigenvalue weighted by molar-refractivity contribution is 5.89. The molecule has 2 aromatic heterocycles. The van der Waals surface area contributed by atoms with Crippen LogP contribution < -0.4 is 5.32 Å². The van der Waals surface area contributed by atoms with E-state index in [1.165, 1.54) is 22.2 Å². The molecule has 1 aliphatic rings. The average molecular weight is 366 g/mol. The van der Waals surface area contributed by atoms with Gasteiger partial charge in [0.1, 0.15) is 5.76 Å². The fourth-order valence-electron chi connectivity index (χ4n) is 4.16. The lowest BCUT2D eigenvalue weighted by Gasteiger charge is -2.32. The number of hydrogen-bond acceptors (Lipinski definition) is 4. The third-order valence-electron chi connectivity index (χ3n) is 5.49. The summed E-state index contributed by atoms with van der Waals surface area (Å²) in [6.45, 7) is 6.82. The minimum atomic E-state index is -0.0158. The predicted molar refractivity (Wildman–Crippen MR) is 106 cm³/mol. The maximum absolute atomic E-state index is 12.1. The Hall–Kier alpha value is -2.60. The number of piperidine rings is 1. The first-order valence-electron chi connectivity index (χ1n) is 9.63. The van der Waals surface area contributed by atoms with E-state index in [-0.39, 0.29) is 5.91 Å². The molecule has 6 nitrogen and oxygen atoms in total. The minimum absolute atomic E-state index is 0.0158. The number of rotatable bonds is 5. The zero-order valence-corrected chi connectivity index (χ0v) is 15.9. The number of amides is 1. The lowest BCUT2D eigenvalue weighted by molar-refractivity contribution is -0.116. The Balaban J connectivity index is 1.30. The third-order valence-corrected chi connectivity index (χ3v) is 5.49. The van der Waals surface area contributed by atoms with Crippen molar-refractivity contribution in [3.63, 3.8) is 0 Å². The van der Waals surface area contributed by atoms with Gasteiger partial charge in [0.25, 0.3) is 0 Å². The van der Waals surface area contributed by atoms with Gasteiger partial charge in [-0.15, -0.1) is 0 Å². The summed E-state index contributed by atoms with van der Waals surface area (Å²) in [7, 11) is 0. The highest BCUT2D eigenvalue weighted by atomic mass is 16.5. The van der Waals surface area contributed by atoms with E-state index in [1.807, 2.05) is 6.92 Å². The molecule has 1 aromatic carbocycles. The summed E-state index contributed by atoms with van der Waals surface area (Å²) < 4.78 is 4.97. The SMILES string of the molecule is Cc1cc(NC(=O)CCN2CCC(c3c(C)[nH]c4ccccc34)CC2)no1. The summed E-state index contributed by atoms with van der Waals surface area (Å²) in [6, 6.07) is 10.3. The summed E-state index contributed by atoms with van der Waals surface area (Å²) in [5, 5.41) is 7.94. The van der Waals surface area contributed by atoms with E-state index in [9.17, 15) is 4.79 Å². The predicted octanol–water partition coefficient (Wildman–Crippen LogP) is 3.98. The number of fused-ring (bicyclic) bond motifs is 1. The second-order valence-electron chi connectivity index (χ2n) is 7.45. The Morgan fingerprint density at radius 3 is 2.81 bits per heavy atom. The number of anilines is 1. The zero-order valence-electron chi connectivity index (χ0n) is 15.9. The molecule has 0 spiro atoms. The van der Waals surface area contributed by atoms with E-state index < -0.39 is 0 Å². The highest BCUT2D eigenvalue weighted by Gasteiger charge is 2.24. The Labute approximate surface area is 158 Å². The van der Waals surface area contributed by atoms with E-state index in [0.717, 1.165) is 32.5 Å². The fourth-order valence-corrected chi connectivity index (χ4v) is 4.16. The summed E-state index contributed by atoms with van der Waals surface area (Å²) in [5.74, 6) is 1.76. The molecular weight excluding hydrogens is 340 g/mol. The quantitative estimate of drug-likeness (QED) is 0.716. The van der Waals surface area contributed by atoms with E-state index >= 15 is 0 Å². The van der Waals surface area contributed by atoms with Crippen molar-refractivity contribution in [2.75, 3.05) is 25.0 Å². The van der Waals surface area contributed by atoms with Crippen LogP contribution >= 0.6 is 0 Å². The number of aryl methyl sites for hydroxylation is 2. The van der Waals surface area contributed by atoms with Crippen molar-refractivity contribution in [1.82, 2.24) is 15.0 Å². The van der Waals surface area contributed by atoms with Gasteiger partial charge in [0, 0.05) is 35.6 Å². The molecule has 3 heterocycles. The molecule has 2 N–H and O–H groups in total. The van der Waals surface area contributed by atoms with Crippen molar-refractivity contribution in [3.8, 4) is 0 Å². The monoisotopic (exact) mass is 366 g/mol. The van der Waals surface area contributed by atoms with Crippen LogP contribution in [0.3, 0.4) is 0 Å². The Bertz CT molecular complexity index is 935. The van der Waals surface area contributed by atoms with Gasteiger partial charge in [-0.1, -0.05) is 23.4 Å². The molecule has 0 aliphatic carbocycles. The number of benzene rings is 1. The molecule has 3 aromatic rings. The number of carbonyl (C=O) groups is 1. The molecule has 27 heavy (non-hydrogen) atoms. The van der Waals surface area contributed by atoms with Crippen LogP contribution in [0.4, 0.5) is 5.82 Å². The molecule has 1 amide bonds. The van der Waals surface area contributed by atoms with Crippen molar-refractivity contribution in [3.05, 3.63) is 47.3 Å². The molecular formula is C21H26N4O2. The van der Waals surface area contributed by atoms with Crippen molar-refractivity contribution < 1.29 is 9.32 Å². The Morgan fingerprint density at radius 2 is 2.07 bits per heavy atom. The molecule has 0 unspecified atom stereocenters. The van der Waals surface area contributed by atoms with E-state index in [4.69, 9.17) is 4.52 Å². The third kappa shape index (κ3) is 3.90. The summed E-state index contributed by atoms with van der Waals surface area (Å²) in [4.78, 5) is 18.0. The van der Waals surface area contributed by atoms with Gasteiger partial charge in [0.05, 0.1) is 0 Å². The molecule has 1 aliphatic heterocycles. The van der Waals surface area contributed by atoms with E-state index in [1.54, 1.807) is 6.07 Å². The van der Waals surface area contributed by atoms with Gasteiger partial charge in [-0.25, -0.2) is 0 Å². The molecule has 1 fully saturated rings. The molecule has 0 saturated carbocycles. The number of aromatic amines is 1. The summed E-state index contributed by atoms with van der Waals surface area (Å²) >= 11 is 0. The van der Waals surface area contributed by atoms with Gasteiger partial charge < -0.3 is 19.7 Å². The minimum Gasteiger partial charge on any atom is -0.360 e. The number of para-hydroxylation sites is 1. The van der Waals surface area contributed by atoms with Gasteiger partial charge in [-0.3, -0.25) is 4.79 Å². The lowest BCUT2D eigenvalue weighted by atomic mass is 9.87. The number of H-pyrrole nitrogens is 1. The van der Waals surface area contributed by atoms with Gasteiger partial charge in [0.15, 0.2) is 5.82 Å².